The van der Waals surface area contributed by atoms with Crippen LogP contribution in [-0.4, -0.2) is 10.7 Å². The first-order valence-corrected chi connectivity index (χ1v) is 5.92. The average molecular weight is 306 g/mol. The molecule has 2 aromatic rings. The number of nitro groups is 1. The van der Waals surface area contributed by atoms with Crippen molar-refractivity contribution in [3.63, 3.8) is 0 Å². The molecule has 0 aliphatic rings. The van der Waals surface area contributed by atoms with Crippen LogP contribution in [0.25, 0.3) is 0 Å². The van der Waals surface area contributed by atoms with Crippen molar-refractivity contribution in [1.82, 2.24) is 0 Å². The van der Waals surface area contributed by atoms with Gasteiger partial charge in [0, 0.05) is 16.1 Å². The summed E-state index contributed by atoms with van der Waals surface area (Å²) in [7, 11) is 0. The summed E-state index contributed by atoms with van der Waals surface area (Å²) >= 11 is 3.26. The highest BCUT2D eigenvalue weighted by atomic mass is 79.9. The molecule has 0 bridgehead atoms. The fourth-order valence-electron chi connectivity index (χ4n) is 1.61. The third-order valence-electron chi connectivity index (χ3n) is 2.43. The van der Waals surface area contributed by atoms with E-state index < -0.39 is 4.92 Å². The van der Waals surface area contributed by atoms with Crippen molar-refractivity contribution < 1.29 is 9.72 Å². The zero-order valence-electron chi connectivity index (χ0n) is 9.17. The van der Waals surface area contributed by atoms with Gasteiger partial charge in [-0.05, 0) is 18.2 Å². The van der Waals surface area contributed by atoms with E-state index in [-0.39, 0.29) is 17.0 Å². The van der Waals surface area contributed by atoms with Gasteiger partial charge < -0.3 is 0 Å². The molecule has 4 nitrogen and oxygen atoms in total. The van der Waals surface area contributed by atoms with Crippen LogP contribution in [0.4, 0.5) is 5.69 Å². The van der Waals surface area contributed by atoms with E-state index in [1.165, 1.54) is 18.2 Å². The van der Waals surface area contributed by atoms with Crippen LogP contribution in [0, 0.1) is 10.1 Å². The van der Waals surface area contributed by atoms with E-state index in [0.717, 1.165) is 4.47 Å². The molecule has 0 saturated heterocycles. The van der Waals surface area contributed by atoms with Gasteiger partial charge >= 0.3 is 0 Å². The number of halogens is 1. The van der Waals surface area contributed by atoms with E-state index in [9.17, 15) is 14.9 Å². The Hall–Kier alpha value is -2.01. The average Bonchev–Trinajstić information content (AvgIpc) is 2.38. The molecule has 0 atom stereocenters. The van der Waals surface area contributed by atoms with Gasteiger partial charge in [0.15, 0.2) is 5.78 Å². The lowest BCUT2D eigenvalue weighted by Crippen LogP contribution is -2.05. The number of carbonyl (C=O) groups is 1. The lowest BCUT2D eigenvalue weighted by molar-refractivity contribution is -0.385. The van der Waals surface area contributed by atoms with Crippen LogP contribution in [0.2, 0.25) is 0 Å². The number of benzene rings is 2. The smallest absolute Gasteiger partial charge is 0.280 e. The molecule has 5 heteroatoms. The van der Waals surface area contributed by atoms with Gasteiger partial charge in [-0.2, -0.15) is 0 Å². The van der Waals surface area contributed by atoms with Crippen molar-refractivity contribution in [2.24, 2.45) is 0 Å². The minimum absolute atomic E-state index is 0.0978. The first kappa shape index (κ1) is 12.4. The molecule has 0 aromatic heterocycles. The van der Waals surface area contributed by atoms with E-state index in [4.69, 9.17) is 0 Å². The van der Waals surface area contributed by atoms with E-state index in [1.807, 2.05) is 0 Å². The van der Waals surface area contributed by atoms with Crippen molar-refractivity contribution in [2.75, 3.05) is 0 Å². The number of hydrogen-bond acceptors (Lipinski definition) is 3. The summed E-state index contributed by atoms with van der Waals surface area (Å²) in [6.45, 7) is 0. The SMILES string of the molecule is O=C(c1cccc(Br)c1)c1ccccc1[N+](=O)[O-]. The van der Waals surface area contributed by atoms with Gasteiger partial charge in [0.1, 0.15) is 5.56 Å². The number of carbonyl (C=O) groups excluding carboxylic acids is 1. The van der Waals surface area contributed by atoms with Crippen LogP contribution >= 0.6 is 15.9 Å². The van der Waals surface area contributed by atoms with E-state index in [1.54, 1.807) is 30.3 Å². The summed E-state index contributed by atoms with van der Waals surface area (Å²) in [6, 6.07) is 12.7. The molecule has 0 amide bonds. The van der Waals surface area contributed by atoms with E-state index in [2.05, 4.69) is 15.9 Å². The summed E-state index contributed by atoms with van der Waals surface area (Å²) < 4.78 is 0.756. The molecule has 2 rings (SSSR count). The summed E-state index contributed by atoms with van der Waals surface area (Å²) in [6.07, 6.45) is 0. The Labute approximate surface area is 112 Å². The zero-order valence-corrected chi connectivity index (χ0v) is 10.8. The fraction of sp³-hybridized carbons (Fsp3) is 0. The predicted molar refractivity (Wildman–Crippen MR) is 70.7 cm³/mol. The Balaban J connectivity index is 2.50. The van der Waals surface area contributed by atoms with Crippen molar-refractivity contribution >= 4 is 27.4 Å². The second kappa shape index (κ2) is 5.10. The Morgan fingerprint density at radius 3 is 2.50 bits per heavy atom. The van der Waals surface area contributed by atoms with Crippen molar-refractivity contribution in [3.8, 4) is 0 Å². The minimum Gasteiger partial charge on any atom is -0.288 e. The molecule has 18 heavy (non-hydrogen) atoms. The van der Waals surface area contributed by atoms with Crippen LogP contribution in [-0.2, 0) is 0 Å². The second-order valence-electron chi connectivity index (χ2n) is 3.61. The maximum Gasteiger partial charge on any atom is 0.280 e. The highest BCUT2D eigenvalue weighted by molar-refractivity contribution is 9.10. The first-order chi connectivity index (χ1) is 8.59. The van der Waals surface area contributed by atoms with Gasteiger partial charge in [-0.1, -0.05) is 40.2 Å². The number of nitro benzene ring substituents is 1. The van der Waals surface area contributed by atoms with Gasteiger partial charge in [0.05, 0.1) is 4.92 Å². The van der Waals surface area contributed by atoms with Gasteiger partial charge in [-0.3, -0.25) is 14.9 Å². The van der Waals surface area contributed by atoms with Crippen molar-refractivity contribution in [2.45, 2.75) is 0 Å². The first-order valence-electron chi connectivity index (χ1n) is 5.13. The molecule has 0 aliphatic carbocycles. The molecule has 0 saturated carbocycles. The predicted octanol–water partition coefficient (Wildman–Crippen LogP) is 3.59. The molecular formula is C13H8BrNO3. The monoisotopic (exact) mass is 305 g/mol. The Kier molecular flexibility index (Phi) is 3.53. The summed E-state index contributed by atoms with van der Waals surface area (Å²) in [4.78, 5) is 22.5. The molecular weight excluding hydrogens is 298 g/mol. The molecule has 0 fully saturated rings. The quantitative estimate of drug-likeness (QED) is 0.494. The summed E-state index contributed by atoms with van der Waals surface area (Å²) in [5.41, 5.74) is 0.335. The van der Waals surface area contributed by atoms with Crippen LogP contribution in [0.15, 0.2) is 53.0 Å². The molecule has 0 spiro atoms. The third kappa shape index (κ3) is 2.46. The largest absolute Gasteiger partial charge is 0.288 e. The molecule has 0 heterocycles. The maximum absolute atomic E-state index is 12.2. The Bertz CT molecular complexity index is 625. The lowest BCUT2D eigenvalue weighted by Gasteiger charge is -2.02. The van der Waals surface area contributed by atoms with Gasteiger partial charge in [0.2, 0.25) is 0 Å². The fourth-order valence-corrected chi connectivity index (χ4v) is 2.01. The summed E-state index contributed by atoms with van der Waals surface area (Å²) in [5.74, 6) is -0.358. The zero-order chi connectivity index (χ0) is 13.1. The van der Waals surface area contributed by atoms with Gasteiger partial charge in [0.25, 0.3) is 5.69 Å². The molecule has 0 unspecified atom stereocenters. The highest BCUT2D eigenvalue weighted by Gasteiger charge is 2.20. The van der Waals surface area contributed by atoms with Crippen molar-refractivity contribution in [3.05, 3.63) is 74.2 Å². The number of nitrogens with zero attached hydrogens (tertiary/aromatic N) is 1. The molecule has 0 N–H and O–H groups in total. The maximum atomic E-state index is 12.2. The van der Waals surface area contributed by atoms with E-state index >= 15 is 0 Å². The van der Waals surface area contributed by atoms with Crippen LogP contribution in [0.1, 0.15) is 15.9 Å². The van der Waals surface area contributed by atoms with Gasteiger partial charge in [-0.25, -0.2) is 0 Å². The highest BCUT2D eigenvalue weighted by Crippen LogP contribution is 2.22. The Morgan fingerprint density at radius 2 is 1.83 bits per heavy atom. The van der Waals surface area contributed by atoms with Crippen molar-refractivity contribution in [1.29, 1.82) is 0 Å². The van der Waals surface area contributed by atoms with Gasteiger partial charge in [-0.15, -0.1) is 0 Å². The number of hydrogen-bond donors (Lipinski definition) is 0. The van der Waals surface area contributed by atoms with Crippen LogP contribution < -0.4 is 0 Å². The van der Waals surface area contributed by atoms with Crippen LogP contribution in [0.3, 0.4) is 0 Å². The topological polar surface area (TPSA) is 60.2 Å². The number of para-hydroxylation sites is 1. The van der Waals surface area contributed by atoms with E-state index in [0.29, 0.717) is 5.56 Å². The molecule has 90 valence electrons. The number of ketones is 1. The number of rotatable bonds is 3. The normalized spacial score (nSPS) is 10.1. The third-order valence-corrected chi connectivity index (χ3v) is 2.93. The Morgan fingerprint density at radius 1 is 1.11 bits per heavy atom. The molecule has 2 aromatic carbocycles. The lowest BCUT2D eigenvalue weighted by atomic mass is 10.0. The standard InChI is InChI=1S/C13H8BrNO3/c14-10-5-3-4-9(8-10)13(16)11-6-1-2-7-12(11)15(17)18/h1-8H. The summed E-state index contributed by atoms with van der Waals surface area (Å²) in [5, 5.41) is 10.9. The molecule has 0 aliphatic heterocycles. The second-order valence-corrected chi connectivity index (χ2v) is 4.53. The van der Waals surface area contributed by atoms with Crippen LogP contribution in [0.5, 0.6) is 0 Å². The molecule has 0 radical (unpaired) electrons. The minimum atomic E-state index is -0.550.